The van der Waals surface area contributed by atoms with Crippen molar-refractivity contribution in [3.63, 3.8) is 0 Å². The molecule has 0 aliphatic carbocycles. The molecule has 3 heterocycles. The first-order valence-electron chi connectivity index (χ1n) is 7.72. The van der Waals surface area contributed by atoms with Crippen molar-refractivity contribution in [2.45, 2.75) is 26.2 Å². The lowest BCUT2D eigenvalue weighted by Gasteiger charge is -2.01. The predicted molar refractivity (Wildman–Crippen MR) is 92.7 cm³/mol. The van der Waals surface area contributed by atoms with Crippen molar-refractivity contribution in [3.05, 3.63) is 40.8 Å². The summed E-state index contributed by atoms with van der Waals surface area (Å²) in [5.74, 6) is 0.161. The number of aromatic nitrogens is 4. The molecule has 0 aliphatic heterocycles. The largest absolute Gasteiger partial charge is 0.464 e. The Morgan fingerprint density at radius 3 is 2.96 bits per heavy atom. The number of nitrogens with one attached hydrogen (secondary N) is 1. The summed E-state index contributed by atoms with van der Waals surface area (Å²) in [7, 11) is 1.30. The topological polar surface area (TPSA) is 98.5 Å². The van der Waals surface area contributed by atoms with E-state index < -0.39 is 5.97 Å². The number of methoxy groups -OCH3 is 1. The summed E-state index contributed by atoms with van der Waals surface area (Å²) in [6.45, 7) is 1.76. The fraction of sp³-hybridized carbons (Fsp3) is 0.312. The molecule has 0 bridgehead atoms. The number of fused-ring (bicyclic) bond motifs is 1. The Kier molecular flexibility index (Phi) is 5.03. The van der Waals surface area contributed by atoms with Crippen molar-refractivity contribution in [1.82, 2.24) is 19.6 Å². The molecule has 1 amide bonds. The van der Waals surface area contributed by atoms with E-state index in [4.69, 9.17) is 0 Å². The van der Waals surface area contributed by atoms with Crippen molar-refractivity contribution in [1.29, 1.82) is 0 Å². The molecular formula is C16H17N5O3S. The van der Waals surface area contributed by atoms with Crippen molar-refractivity contribution >= 4 is 34.0 Å². The predicted octanol–water partition coefficient (Wildman–Crippen LogP) is 2.24. The Hall–Kier alpha value is -2.81. The van der Waals surface area contributed by atoms with E-state index in [1.54, 1.807) is 6.92 Å². The third kappa shape index (κ3) is 3.82. The molecule has 25 heavy (non-hydrogen) atoms. The molecule has 0 aromatic carbocycles. The summed E-state index contributed by atoms with van der Waals surface area (Å²) in [6.07, 6.45) is 3.50. The van der Waals surface area contributed by atoms with Gasteiger partial charge in [0.05, 0.1) is 7.11 Å². The maximum atomic E-state index is 12.1. The number of anilines is 1. The number of hydrogen-bond donors (Lipinski definition) is 1. The van der Waals surface area contributed by atoms with E-state index in [0.717, 1.165) is 11.5 Å². The van der Waals surface area contributed by atoms with Crippen molar-refractivity contribution in [2.24, 2.45) is 0 Å². The first-order valence-corrected chi connectivity index (χ1v) is 8.54. The van der Waals surface area contributed by atoms with E-state index in [0.29, 0.717) is 29.3 Å². The lowest BCUT2D eigenvalue weighted by molar-refractivity contribution is -0.116. The fourth-order valence-electron chi connectivity index (χ4n) is 2.39. The van der Waals surface area contributed by atoms with Gasteiger partial charge in [0, 0.05) is 23.9 Å². The molecule has 0 saturated heterocycles. The van der Waals surface area contributed by atoms with Gasteiger partial charge in [-0.3, -0.25) is 9.20 Å². The highest BCUT2D eigenvalue weighted by Crippen LogP contribution is 2.22. The molecule has 3 aromatic rings. The number of nitrogens with zero attached hydrogens (tertiary/aromatic N) is 4. The van der Waals surface area contributed by atoms with E-state index in [1.165, 1.54) is 18.4 Å². The summed E-state index contributed by atoms with van der Waals surface area (Å²) < 4.78 is 6.56. The molecule has 3 aromatic heterocycles. The molecule has 0 fully saturated rings. The number of rotatable bonds is 6. The van der Waals surface area contributed by atoms with Crippen LogP contribution in [0.25, 0.3) is 5.65 Å². The second-order valence-corrected chi connectivity index (χ2v) is 6.57. The summed E-state index contributed by atoms with van der Waals surface area (Å²) >= 11 is 1.25. The van der Waals surface area contributed by atoms with Crippen LogP contribution >= 0.6 is 11.3 Å². The van der Waals surface area contributed by atoms with Crippen LogP contribution in [-0.4, -0.2) is 38.6 Å². The Balaban J connectivity index is 1.54. The van der Waals surface area contributed by atoms with E-state index >= 15 is 0 Å². The van der Waals surface area contributed by atoms with Crippen LogP contribution in [0, 0.1) is 6.92 Å². The Morgan fingerprint density at radius 1 is 1.32 bits per heavy atom. The van der Waals surface area contributed by atoms with Gasteiger partial charge in [-0.05, 0) is 25.5 Å². The van der Waals surface area contributed by atoms with Crippen molar-refractivity contribution in [3.8, 4) is 0 Å². The van der Waals surface area contributed by atoms with Crippen LogP contribution in [0.3, 0.4) is 0 Å². The molecule has 130 valence electrons. The summed E-state index contributed by atoms with van der Waals surface area (Å²) in [6, 6.07) is 5.70. The first kappa shape index (κ1) is 17.0. The van der Waals surface area contributed by atoms with Gasteiger partial charge in [0.2, 0.25) is 5.91 Å². The van der Waals surface area contributed by atoms with Gasteiger partial charge >= 0.3 is 5.97 Å². The lowest BCUT2D eigenvalue weighted by Crippen LogP contribution is -2.12. The highest BCUT2D eigenvalue weighted by atomic mass is 32.1. The number of hydrogen-bond acceptors (Lipinski definition) is 7. The SMILES string of the molecule is COC(=O)c1nc(NC(=O)CCCc2nnc3ccccn23)sc1C. The van der Waals surface area contributed by atoms with Gasteiger partial charge in [0.1, 0.15) is 5.82 Å². The smallest absolute Gasteiger partial charge is 0.357 e. The van der Waals surface area contributed by atoms with Crippen LogP contribution in [0.15, 0.2) is 24.4 Å². The molecular weight excluding hydrogens is 342 g/mol. The molecule has 1 N–H and O–H groups in total. The number of carbonyl (C=O) groups excluding carboxylic acids is 2. The summed E-state index contributed by atoms with van der Waals surface area (Å²) in [4.78, 5) is 28.4. The van der Waals surface area contributed by atoms with Gasteiger partial charge in [-0.2, -0.15) is 0 Å². The quantitative estimate of drug-likeness (QED) is 0.678. The number of ether oxygens (including phenoxy) is 1. The standard InChI is InChI=1S/C16H17N5O3S/c1-10-14(15(23)24-2)18-16(25-10)17-13(22)8-5-7-12-20-19-11-6-3-4-9-21(11)12/h3-4,6,9H,5,7-8H2,1-2H3,(H,17,18,22). The monoisotopic (exact) mass is 359 g/mol. The van der Waals surface area contributed by atoms with Crippen LogP contribution in [0.5, 0.6) is 0 Å². The van der Waals surface area contributed by atoms with Crippen molar-refractivity contribution < 1.29 is 14.3 Å². The third-order valence-electron chi connectivity index (χ3n) is 3.61. The normalized spacial score (nSPS) is 10.8. The van der Waals surface area contributed by atoms with Crippen molar-refractivity contribution in [2.75, 3.05) is 12.4 Å². The highest BCUT2D eigenvalue weighted by Gasteiger charge is 2.17. The lowest BCUT2D eigenvalue weighted by atomic mass is 10.2. The van der Waals surface area contributed by atoms with Crippen LogP contribution < -0.4 is 5.32 Å². The molecule has 8 nitrogen and oxygen atoms in total. The molecule has 0 saturated carbocycles. The van der Waals surface area contributed by atoms with E-state index in [9.17, 15) is 9.59 Å². The maximum Gasteiger partial charge on any atom is 0.357 e. The van der Waals surface area contributed by atoms with Gasteiger partial charge in [0.25, 0.3) is 0 Å². The minimum Gasteiger partial charge on any atom is -0.464 e. The number of thiazole rings is 1. The van der Waals surface area contributed by atoms with Gasteiger partial charge in [-0.1, -0.05) is 6.07 Å². The zero-order valence-electron chi connectivity index (χ0n) is 13.9. The third-order valence-corrected chi connectivity index (χ3v) is 4.50. The Bertz CT molecular complexity index is 918. The molecule has 0 unspecified atom stereocenters. The first-order chi connectivity index (χ1) is 12.1. The minimum atomic E-state index is -0.507. The zero-order valence-corrected chi connectivity index (χ0v) is 14.7. The number of esters is 1. The van der Waals surface area contributed by atoms with Crippen LogP contribution in [0.2, 0.25) is 0 Å². The van der Waals surface area contributed by atoms with Crippen LogP contribution in [-0.2, 0) is 16.0 Å². The maximum absolute atomic E-state index is 12.1. The fourth-order valence-corrected chi connectivity index (χ4v) is 3.20. The molecule has 9 heteroatoms. The van der Waals surface area contributed by atoms with Gasteiger partial charge in [-0.15, -0.1) is 21.5 Å². The summed E-state index contributed by atoms with van der Waals surface area (Å²) in [5.41, 5.74) is 1.02. The molecule has 0 spiro atoms. The molecule has 0 radical (unpaired) electrons. The average molecular weight is 359 g/mol. The van der Waals surface area contributed by atoms with E-state index in [2.05, 4.69) is 25.2 Å². The van der Waals surface area contributed by atoms with E-state index in [-0.39, 0.29) is 11.6 Å². The molecule has 3 rings (SSSR count). The van der Waals surface area contributed by atoms with Crippen LogP contribution in [0.4, 0.5) is 5.13 Å². The Labute approximate surface area is 147 Å². The van der Waals surface area contributed by atoms with Crippen LogP contribution in [0.1, 0.15) is 34.0 Å². The molecule has 0 aliphatic rings. The molecule has 0 atom stereocenters. The summed E-state index contributed by atoms with van der Waals surface area (Å²) in [5, 5.41) is 11.3. The van der Waals surface area contributed by atoms with Gasteiger partial charge < -0.3 is 10.1 Å². The number of pyridine rings is 1. The second-order valence-electron chi connectivity index (χ2n) is 5.36. The zero-order chi connectivity index (χ0) is 17.8. The highest BCUT2D eigenvalue weighted by molar-refractivity contribution is 7.16. The second kappa shape index (κ2) is 7.39. The number of aryl methyl sites for hydroxylation is 2. The van der Waals surface area contributed by atoms with Gasteiger partial charge in [-0.25, -0.2) is 9.78 Å². The average Bonchev–Trinajstić information content (AvgIpc) is 3.18. The minimum absolute atomic E-state index is 0.154. The number of amides is 1. The van der Waals surface area contributed by atoms with E-state index in [1.807, 2.05) is 28.8 Å². The number of carbonyl (C=O) groups is 2. The Morgan fingerprint density at radius 2 is 2.16 bits per heavy atom. The van der Waals surface area contributed by atoms with Gasteiger partial charge in [0.15, 0.2) is 16.5 Å².